The normalized spacial score (nSPS) is 11.9. The number of ether oxygens (including phenoxy) is 1. The van der Waals surface area contributed by atoms with Crippen molar-refractivity contribution in [1.29, 1.82) is 0 Å². The molecule has 36 heavy (non-hydrogen) atoms. The molecule has 0 saturated heterocycles. The van der Waals surface area contributed by atoms with Gasteiger partial charge in [0.05, 0.1) is 5.02 Å². The van der Waals surface area contributed by atoms with Crippen molar-refractivity contribution in [2.24, 2.45) is 0 Å². The third kappa shape index (κ3) is 6.03. The van der Waals surface area contributed by atoms with E-state index >= 15 is 0 Å². The third-order valence-electron chi connectivity index (χ3n) is 5.72. The summed E-state index contributed by atoms with van der Waals surface area (Å²) in [5, 5.41) is 20.3. The Morgan fingerprint density at radius 1 is 1.08 bits per heavy atom. The quantitative estimate of drug-likeness (QED) is 0.137. The summed E-state index contributed by atoms with van der Waals surface area (Å²) in [5.41, 5.74) is 4.51. The van der Waals surface area contributed by atoms with Gasteiger partial charge in [-0.3, -0.25) is 14.7 Å². The van der Waals surface area contributed by atoms with Gasteiger partial charge in [-0.1, -0.05) is 47.6 Å². The summed E-state index contributed by atoms with van der Waals surface area (Å²) in [6.07, 6.45) is 0. The fourth-order valence-electron chi connectivity index (χ4n) is 3.68. The fourth-order valence-corrected chi connectivity index (χ4v) is 5.08. The molecule has 0 aliphatic carbocycles. The highest BCUT2D eigenvalue weighted by molar-refractivity contribution is 7.99. The molecule has 1 heterocycles. The van der Waals surface area contributed by atoms with E-state index in [-0.39, 0.29) is 23.9 Å². The molecule has 7 nitrogen and oxygen atoms in total. The van der Waals surface area contributed by atoms with Crippen LogP contribution in [0, 0.1) is 36.7 Å². The van der Waals surface area contributed by atoms with Crippen LogP contribution in [-0.2, 0) is 6.61 Å². The molecule has 0 spiro atoms. The largest absolute Gasteiger partial charge is 0.487 e. The first-order valence-electron chi connectivity index (χ1n) is 11.2. The SMILES string of the molecule is Cc1ccc(-n2c(C)nnc2S[C@H](C[N+](=O)[O-])c2ccc(OCc3cccc(F)c3)c(Cl)c2)cc1C. The molecule has 0 unspecified atom stereocenters. The number of halogens is 2. The van der Waals surface area contributed by atoms with Crippen molar-refractivity contribution < 1.29 is 14.1 Å². The van der Waals surface area contributed by atoms with Crippen LogP contribution in [0.4, 0.5) is 4.39 Å². The van der Waals surface area contributed by atoms with E-state index < -0.39 is 5.25 Å². The van der Waals surface area contributed by atoms with Crippen LogP contribution in [0.2, 0.25) is 5.02 Å². The van der Waals surface area contributed by atoms with Crippen molar-refractivity contribution in [2.75, 3.05) is 6.54 Å². The van der Waals surface area contributed by atoms with E-state index in [1.165, 1.54) is 29.5 Å². The summed E-state index contributed by atoms with van der Waals surface area (Å²) in [5.74, 6) is 0.740. The Hall–Kier alpha value is -3.43. The molecule has 10 heteroatoms. The topological polar surface area (TPSA) is 83.1 Å². The number of hydrogen-bond donors (Lipinski definition) is 0. The Kier molecular flexibility index (Phi) is 7.91. The van der Waals surface area contributed by atoms with E-state index in [1.54, 1.807) is 30.3 Å². The lowest BCUT2D eigenvalue weighted by Crippen LogP contribution is -2.11. The van der Waals surface area contributed by atoms with Gasteiger partial charge in [0.25, 0.3) is 0 Å². The lowest BCUT2D eigenvalue weighted by Gasteiger charge is -2.16. The minimum absolute atomic E-state index is 0.141. The van der Waals surface area contributed by atoms with E-state index in [0.29, 0.717) is 32.9 Å². The van der Waals surface area contributed by atoms with Gasteiger partial charge in [-0.15, -0.1) is 10.2 Å². The number of aryl methyl sites for hydroxylation is 3. The van der Waals surface area contributed by atoms with Crippen molar-refractivity contribution in [1.82, 2.24) is 14.8 Å². The minimum atomic E-state index is -0.566. The van der Waals surface area contributed by atoms with Gasteiger partial charge in [-0.2, -0.15) is 0 Å². The van der Waals surface area contributed by atoms with Crippen LogP contribution in [0.1, 0.15) is 33.3 Å². The Balaban J connectivity index is 1.59. The molecule has 0 aliphatic heterocycles. The van der Waals surface area contributed by atoms with E-state index in [9.17, 15) is 14.5 Å². The second kappa shape index (κ2) is 11.1. The van der Waals surface area contributed by atoms with Crippen LogP contribution in [0.3, 0.4) is 0 Å². The van der Waals surface area contributed by atoms with Crippen molar-refractivity contribution in [3.8, 4) is 11.4 Å². The van der Waals surface area contributed by atoms with Crippen LogP contribution in [0.5, 0.6) is 5.75 Å². The summed E-state index contributed by atoms with van der Waals surface area (Å²) >= 11 is 7.72. The number of rotatable bonds is 9. The van der Waals surface area contributed by atoms with Crippen LogP contribution in [0.25, 0.3) is 5.69 Å². The number of nitro groups is 1. The maximum absolute atomic E-state index is 13.4. The van der Waals surface area contributed by atoms with Crippen molar-refractivity contribution in [3.63, 3.8) is 0 Å². The van der Waals surface area contributed by atoms with E-state index in [2.05, 4.69) is 10.2 Å². The molecule has 0 N–H and O–H groups in total. The monoisotopic (exact) mass is 526 g/mol. The first-order chi connectivity index (χ1) is 17.2. The van der Waals surface area contributed by atoms with Crippen molar-refractivity contribution in [2.45, 2.75) is 37.8 Å². The molecule has 186 valence electrons. The third-order valence-corrected chi connectivity index (χ3v) is 7.19. The van der Waals surface area contributed by atoms with E-state index in [1.807, 2.05) is 43.5 Å². The number of hydrogen-bond acceptors (Lipinski definition) is 6. The predicted octanol–water partition coefficient (Wildman–Crippen LogP) is 6.67. The Bertz CT molecular complexity index is 1410. The maximum Gasteiger partial charge on any atom is 0.220 e. The van der Waals surface area contributed by atoms with Gasteiger partial charge in [0.2, 0.25) is 6.54 Å². The Labute approximate surface area is 217 Å². The zero-order valence-corrected chi connectivity index (χ0v) is 21.5. The van der Waals surface area contributed by atoms with Crippen LogP contribution >= 0.6 is 23.4 Å². The van der Waals surface area contributed by atoms with Gasteiger partial charge in [0, 0.05) is 10.6 Å². The Morgan fingerprint density at radius 2 is 1.89 bits per heavy atom. The van der Waals surface area contributed by atoms with Crippen LogP contribution in [0.15, 0.2) is 65.8 Å². The molecule has 0 fully saturated rings. The van der Waals surface area contributed by atoms with Crippen LogP contribution < -0.4 is 4.74 Å². The summed E-state index contributed by atoms with van der Waals surface area (Å²) < 4.78 is 21.1. The predicted molar refractivity (Wildman–Crippen MR) is 138 cm³/mol. The standard InChI is InChI=1S/C26H24ClFN4O3S/c1-16-7-9-22(11-17(16)2)32-18(3)29-30-26(32)36-25(14-31(33)34)20-8-10-24(23(27)13-20)35-15-19-5-4-6-21(28)12-19/h4-13,25H,14-15H2,1-3H3/t25-/m1/s1. The first-order valence-corrected chi connectivity index (χ1v) is 12.4. The molecule has 0 aliphatic rings. The molecule has 1 aromatic heterocycles. The number of nitrogens with zero attached hydrogens (tertiary/aromatic N) is 4. The van der Waals surface area contributed by atoms with Crippen molar-refractivity contribution in [3.05, 3.63) is 110 Å². The number of thioether (sulfide) groups is 1. The highest BCUT2D eigenvalue weighted by Gasteiger charge is 2.25. The molecule has 0 bridgehead atoms. The van der Waals surface area contributed by atoms with Gasteiger partial charge in [-0.25, -0.2) is 4.39 Å². The molecule has 0 amide bonds. The smallest absolute Gasteiger partial charge is 0.220 e. The zero-order chi connectivity index (χ0) is 25.8. The molecule has 4 rings (SSSR count). The molecule has 0 radical (unpaired) electrons. The molecular formula is C26H24ClFN4O3S. The second-order valence-corrected chi connectivity index (χ2v) is 9.94. The average molecular weight is 527 g/mol. The maximum atomic E-state index is 13.4. The van der Waals surface area contributed by atoms with Gasteiger partial charge in [0.1, 0.15) is 29.2 Å². The van der Waals surface area contributed by atoms with E-state index in [4.69, 9.17) is 16.3 Å². The lowest BCUT2D eigenvalue weighted by molar-refractivity contribution is -0.479. The first kappa shape index (κ1) is 25.7. The lowest BCUT2D eigenvalue weighted by atomic mass is 10.1. The highest BCUT2D eigenvalue weighted by atomic mass is 35.5. The van der Waals surface area contributed by atoms with Gasteiger partial charge in [0.15, 0.2) is 5.16 Å². The van der Waals surface area contributed by atoms with Gasteiger partial charge >= 0.3 is 0 Å². The zero-order valence-electron chi connectivity index (χ0n) is 19.9. The second-order valence-electron chi connectivity index (χ2n) is 8.36. The summed E-state index contributed by atoms with van der Waals surface area (Å²) in [4.78, 5) is 11.2. The number of aromatic nitrogens is 3. The number of benzene rings is 3. The molecular weight excluding hydrogens is 503 g/mol. The molecule has 0 saturated carbocycles. The fraction of sp³-hybridized carbons (Fsp3) is 0.231. The van der Waals surface area contributed by atoms with Crippen LogP contribution in [-0.4, -0.2) is 26.2 Å². The summed E-state index contributed by atoms with van der Waals surface area (Å²) in [6, 6.07) is 17.2. The minimum Gasteiger partial charge on any atom is -0.487 e. The van der Waals surface area contributed by atoms with Gasteiger partial charge in [-0.05, 0) is 79.4 Å². The van der Waals surface area contributed by atoms with Crippen molar-refractivity contribution >= 4 is 23.4 Å². The average Bonchev–Trinajstić information content (AvgIpc) is 3.19. The molecule has 3 aromatic carbocycles. The molecule has 4 aromatic rings. The Morgan fingerprint density at radius 3 is 2.58 bits per heavy atom. The summed E-state index contributed by atoms with van der Waals surface area (Å²) in [7, 11) is 0. The van der Waals surface area contributed by atoms with E-state index in [0.717, 1.165) is 11.3 Å². The van der Waals surface area contributed by atoms with Gasteiger partial charge < -0.3 is 4.74 Å². The highest BCUT2D eigenvalue weighted by Crippen LogP contribution is 2.39. The summed E-state index contributed by atoms with van der Waals surface area (Å²) in [6.45, 7) is 5.72. The molecule has 1 atom stereocenters.